The van der Waals surface area contributed by atoms with Crippen LogP contribution in [0.25, 0.3) is 0 Å². The number of nitrogens with one attached hydrogen (secondary N) is 1. The Morgan fingerprint density at radius 2 is 1.65 bits per heavy atom. The van der Waals surface area contributed by atoms with E-state index in [0.717, 1.165) is 22.5 Å². The van der Waals surface area contributed by atoms with Gasteiger partial charge in [-0.3, -0.25) is 9.59 Å². The van der Waals surface area contributed by atoms with Crippen LogP contribution in [-0.2, 0) is 11.3 Å². The van der Waals surface area contributed by atoms with E-state index in [1.54, 1.807) is 0 Å². The molecule has 2 amide bonds. The van der Waals surface area contributed by atoms with Gasteiger partial charge in [0.05, 0.1) is 0 Å². The number of benzene rings is 2. The first-order valence-corrected chi connectivity index (χ1v) is 11.0. The number of hydrogen-bond donors (Lipinski definition) is 1. The third-order valence-corrected chi connectivity index (χ3v) is 5.68. The molecule has 0 heterocycles. The molecule has 0 aromatic heterocycles. The minimum atomic E-state index is -0.0997. The van der Waals surface area contributed by atoms with E-state index in [1.165, 1.54) is 0 Å². The van der Waals surface area contributed by atoms with E-state index in [9.17, 15) is 9.59 Å². The summed E-state index contributed by atoms with van der Waals surface area (Å²) in [6, 6.07) is 13.7. The molecule has 0 aliphatic heterocycles. The van der Waals surface area contributed by atoms with Gasteiger partial charge in [0, 0.05) is 49.5 Å². The van der Waals surface area contributed by atoms with Crippen LogP contribution in [0.5, 0.6) is 0 Å². The van der Waals surface area contributed by atoms with Crippen molar-refractivity contribution in [1.82, 2.24) is 4.90 Å². The molecule has 2 aromatic carbocycles. The molecule has 5 heteroatoms. The Morgan fingerprint density at radius 3 is 2.19 bits per heavy atom. The summed E-state index contributed by atoms with van der Waals surface area (Å²) in [5.74, 6) is 0.204. The van der Waals surface area contributed by atoms with Crippen LogP contribution < -0.4 is 10.2 Å². The molecule has 0 radical (unpaired) electrons. The zero-order chi connectivity index (χ0) is 23.3. The minimum Gasteiger partial charge on any atom is -0.377 e. The van der Waals surface area contributed by atoms with Crippen molar-refractivity contribution in [3.05, 3.63) is 59.2 Å². The van der Waals surface area contributed by atoms with Gasteiger partial charge in [-0.25, -0.2) is 0 Å². The summed E-state index contributed by atoms with van der Waals surface area (Å²) >= 11 is 0. The van der Waals surface area contributed by atoms with Gasteiger partial charge in [0.2, 0.25) is 5.91 Å². The van der Waals surface area contributed by atoms with Gasteiger partial charge in [0.15, 0.2) is 0 Å². The van der Waals surface area contributed by atoms with Gasteiger partial charge in [0.25, 0.3) is 5.91 Å². The van der Waals surface area contributed by atoms with E-state index in [0.29, 0.717) is 18.0 Å². The second kappa shape index (κ2) is 10.5. The Labute approximate surface area is 187 Å². The third-order valence-electron chi connectivity index (χ3n) is 5.68. The van der Waals surface area contributed by atoms with Gasteiger partial charge in [-0.15, -0.1) is 0 Å². The molecule has 0 spiro atoms. The first-order valence-electron chi connectivity index (χ1n) is 11.0. The first-order chi connectivity index (χ1) is 14.5. The van der Waals surface area contributed by atoms with Crippen molar-refractivity contribution in [3.63, 3.8) is 0 Å². The molecule has 2 rings (SSSR count). The number of amides is 2. The Morgan fingerprint density at radius 1 is 0.968 bits per heavy atom. The van der Waals surface area contributed by atoms with Gasteiger partial charge >= 0.3 is 0 Å². The zero-order valence-electron chi connectivity index (χ0n) is 20.2. The summed E-state index contributed by atoms with van der Waals surface area (Å²) < 4.78 is 0. The summed E-state index contributed by atoms with van der Waals surface area (Å²) in [5, 5.41) is 2.98. The van der Waals surface area contributed by atoms with Gasteiger partial charge in [0.1, 0.15) is 0 Å². The minimum absolute atomic E-state index is 0.0197. The number of hydrogen-bond acceptors (Lipinski definition) is 3. The Hall–Kier alpha value is -2.82. The molecule has 0 saturated carbocycles. The fraction of sp³-hybridized carbons (Fsp3) is 0.462. The van der Waals surface area contributed by atoms with Crippen molar-refractivity contribution in [1.29, 1.82) is 0 Å². The highest BCUT2D eigenvalue weighted by molar-refractivity contribution is 5.95. The standard InChI is InChI=1S/C26H37N3O2/c1-17(2)20(6)29(26(31)21-11-9-10-19(5)14-21)16-22-15-23(27-25(30)18(3)4)12-13-24(22)28(7)8/h9-15,17-18,20H,16H2,1-8H3,(H,27,30)/t20-/m1/s1. The van der Waals surface area contributed by atoms with Crippen molar-refractivity contribution < 1.29 is 9.59 Å². The molecular weight excluding hydrogens is 386 g/mol. The van der Waals surface area contributed by atoms with Crippen molar-refractivity contribution in [2.75, 3.05) is 24.3 Å². The SMILES string of the molecule is Cc1cccc(C(=O)N(Cc2cc(NC(=O)C(C)C)ccc2N(C)C)[C@H](C)C(C)C)c1. The topological polar surface area (TPSA) is 52.7 Å². The molecule has 168 valence electrons. The Balaban J connectivity index is 2.46. The lowest BCUT2D eigenvalue weighted by atomic mass is 10.0. The number of carbonyl (C=O) groups excluding carboxylic acids is 2. The molecular formula is C26H37N3O2. The van der Waals surface area contributed by atoms with E-state index < -0.39 is 0 Å². The smallest absolute Gasteiger partial charge is 0.254 e. The van der Waals surface area contributed by atoms with Gasteiger partial charge in [-0.2, -0.15) is 0 Å². The summed E-state index contributed by atoms with van der Waals surface area (Å²) in [5.41, 5.74) is 4.54. The second-order valence-corrected chi connectivity index (χ2v) is 9.17. The quantitative estimate of drug-likeness (QED) is 0.623. The lowest BCUT2D eigenvalue weighted by Crippen LogP contribution is -2.41. The molecule has 1 atom stereocenters. The maximum absolute atomic E-state index is 13.5. The van der Waals surface area contributed by atoms with Crippen LogP contribution in [0.1, 0.15) is 56.1 Å². The number of aryl methyl sites for hydroxylation is 1. The van der Waals surface area contributed by atoms with E-state index in [1.807, 2.05) is 87.1 Å². The number of carbonyl (C=O) groups is 2. The van der Waals surface area contributed by atoms with Crippen LogP contribution >= 0.6 is 0 Å². The van der Waals surface area contributed by atoms with Crippen molar-refractivity contribution >= 4 is 23.2 Å². The molecule has 0 unspecified atom stereocenters. The monoisotopic (exact) mass is 423 g/mol. The Kier molecular flexibility index (Phi) is 8.26. The van der Waals surface area contributed by atoms with E-state index in [4.69, 9.17) is 0 Å². The maximum Gasteiger partial charge on any atom is 0.254 e. The summed E-state index contributed by atoms with van der Waals surface area (Å²) in [6.45, 7) is 12.6. The molecule has 31 heavy (non-hydrogen) atoms. The number of nitrogens with zero attached hydrogens (tertiary/aromatic N) is 2. The van der Waals surface area contributed by atoms with E-state index in [-0.39, 0.29) is 23.8 Å². The van der Waals surface area contributed by atoms with Gasteiger partial charge in [-0.05, 0) is 55.7 Å². The van der Waals surface area contributed by atoms with Gasteiger partial charge in [-0.1, -0.05) is 45.4 Å². The average molecular weight is 424 g/mol. The maximum atomic E-state index is 13.5. The molecule has 5 nitrogen and oxygen atoms in total. The van der Waals surface area contributed by atoms with Crippen LogP contribution in [0, 0.1) is 18.8 Å². The summed E-state index contributed by atoms with van der Waals surface area (Å²) in [7, 11) is 3.98. The fourth-order valence-corrected chi connectivity index (χ4v) is 3.40. The summed E-state index contributed by atoms with van der Waals surface area (Å²) in [6.07, 6.45) is 0. The summed E-state index contributed by atoms with van der Waals surface area (Å²) in [4.78, 5) is 29.7. The molecule has 2 aromatic rings. The number of rotatable bonds is 8. The van der Waals surface area contributed by atoms with Crippen molar-refractivity contribution in [2.45, 2.75) is 54.1 Å². The third kappa shape index (κ3) is 6.33. The van der Waals surface area contributed by atoms with Crippen molar-refractivity contribution in [3.8, 4) is 0 Å². The van der Waals surface area contributed by atoms with Gasteiger partial charge < -0.3 is 15.1 Å². The van der Waals surface area contributed by atoms with E-state index in [2.05, 4.69) is 26.1 Å². The molecule has 0 fully saturated rings. The van der Waals surface area contributed by atoms with Crippen LogP contribution in [0.2, 0.25) is 0 Å². The van der Waals surface area contributed by atoms with Crippen LogP contribution in [0.4, 0.5) is 11.4 Å². The van der Waals surface area contributed by atoms with Crippen LogP contribution in [-0.4, -0.2) is 36.9 Å². The van der Waals surface area contributed by atoms with Crippen LogP contribution in [0.3, 0.4) is 0 Å². The zero-order valence-corrected chi connectivity index (χ0v) is 20.2. The molecule has 0 aliphatic rings. The fourth-order valence-electron chi connectivity index (χ4n) is 3.40. The lowest BCUT2D eigenvalue weighted by Gasteiger charge is -2.33. The molecule has 0 bridgehead atoms. The first kappa shape index (κ1) is 24.4. The lowest BCUT2D eigenvalue weighted by molar-refractivity contribution is -0.118. The molecule has 0 saturated heterocycles. The highest BCUT2D eigenvalue weighted by Gasteiger charge is 2.25. The van der Waals surface area contributed by atoms with Crippen molar-refractivity contribution in [2.24, 2.45) is 11.8 Å². The predicted molar refractivity (Wildman–Crippen MR) is 130 cm³/mol. The largest absolute Gasteiger partial charge is 0.377 e. The Bertz CT molecular complexity index is 919. The predicted octanol–water partition coefficient (Wildman–Crippen LogP) is 5.34. The molecule has 0 aliphatic carbocycles. The molecule has 1 N–H and O–H groups in total. The van der Waals surface area contributed by atoms with E-state index >= 15 is 0 Å². The van der Waals surface area contributed by atoms with Crippen LogP contribution in [0.15, 0.2) is 42.5 Å². The number of anilines is 2. The highest BCUT2D eigenvalue weighted by atomic mass is 16.2. The average Bonchev–Trinajstić information content (AvgIpc) is 2.70. The highest BCUT2D eigenvalue weighted by Crippen LogP contribution is 2.27. The second-order valence-electron chi connectivity index (χ2n) is 9.17. The normalized spacial score (nSPS) is 12.1.